The van der Waals surface area contributed by atoms with Crippen LogP contribution in [0, 0.1) is 5.82 Å². The summed E-state index contributed by atoms with van der Waals surface area (Å²) in [7, 11) is 3.32. The molecule has 3 rings (SSSR count). The number of methoxy groups -OCH3 is 1. The zero-order valence-corrected chi connectivity index (χ0v) is 16.3. The SMILES string of the molecule is CN=C(NCc1cc(OC)ccc1O)NC1CCN(c2cccc(F)c2)CC1. The summed E-state index contributed by atoms with van der Waals surface area (Å²) < 4.78 is 18.6. The van der Waals surface area contributed by atoms with Crippen molar-refractivity contribution in [3.63, 3.8) is 0 Å². The van der Waals surface area contributed by atoms with E-state index in [2.05, 4.69) is 20.5 Å². The molecule has 3 N–H and O–H groups in total. The lowest BCUT2D eigenvalue weighted by Gasteiger charge is -2.34. The van der Waals surface area contributed by atoms with Gasteiger partial charge in [-0.3, -0.25) is 4.99 Å². The highest BCUT2D eigenvalue weighted by atomic mass is 19.1. The quantitative estimate of drug-likeness (QED) is 0.545. The molecule has 7 heteroatoms. The third kappa shape index (κ3) is 5.06. The first-order valence-corrected chi connectivity index (χ1v) is 9.42. The standard InChI is InChI=1S/C21H27FN4O2/c1-23-21(24-14-15-12-19(28-2)6-7-20(15)27)25-17-8-10-26(11-9-17)18-5-3-4-16(22)13-18/h3-7,12-13,17,27H,8-11,14H2,1-2H3,(H2,23,24,25). The van der Waals surface area contributed by atoms with Gasteiger partial charge in [-0.05, 0) is 49.2 Å². The second-order valence-electron chi connectivity index (χ2n) is 6.81. The first-order valence-electron chi connectivity index (χ1n) is 9.42. The number of halogens is 1. The molecule has 1 heterocycles. The number of ether oxygens (including phenoxy) is 1. The van der Waals surface area contributed by atoms with Gasteiger partial charge in [-0.25, -0.2) is 4.39 Å². The minimum absolute atomic E-state index is 0.205. The van der Waals surface area contributed by atoms with Gasteiger partial charge in [-0.2, -0.15) is 0 Å². The number of benzene rings is 2. The van der Waals surface area contributed by atoms with Gasteiger partial charge >= 0.3 is 0 Å². The lowest BCUT2D eigenvalue weighted by Crippen LogP contribution is -2.48. The van der Waals surface area contributed by atoms with Crippen LogP contribution in [0.4, 0.5) is 10.1 Å². The van der Waals surface area contributed by atoms with Gasteiger partial charge < -0.3 is 25.4 Å². The Bertz CT molecular complexity index is 820. The van der Waals surface area contributed by atoms with Crippen LogP contribution in [-0.2, 0) is 6.54 Å². The molecule has 2 aromatic carbocycles. The molecule has 0 bridgehead atoms. The summed E-state index contributed by atoms with van der Waals surface area (Å²) in [6.45, 7) is 2.15. The number of aromatic hydroxyl groups is 1. The number of anilines is 1. The van der Waals surface area contributed by atoms with Gasteiger partial charge in [-0.1, -0.05) is 6.07 Å². The Labute approximate surface area is 165 Å². The molecule has 2 aromatic rings. The zero-order chi connectivity index (χ0) is 19.9. The van der Waals surface area contributed by atoms with Crippen molar-refractivity contribution >= 4 is 11.6 Å². The number of hydrogen-bond donors (Lipinski definition) is 3. The van der Waals surface area contributed by atoms with E-state index in [9.17, 15) is 9.50 Å². The van der Waals surface area contributed by atoms with E-state index in [1.165, 1.54) is 6.07 Å². The number of rotatable bonds is 5. The maximum Gasteiger partial charge on any atom is 0.191 e. The van der Waals surface area contributed by atoms with Crippen LogP contribution in [0.1, 0.15) is 18.4 Å². The average Bonchev–Trinajstić information content (AvgIpc) is 2.72. The van der Waals surface area contributed by atoms with Gasteiger partial charge in [0.15, 0.2) is 5.96 Å². The number of hydrogen-bond acceptors (Lipinski definition) is 4. The Hall–Kier alpha value is -2.96. The number of phenolic OH excluding ortho intramolecular Hbond substituents is 1. The van der Waals surface area contributed by atoms with E-state index in [4.69, 9.17) is 4.74 Å². The van der Waals surface area contributed by atoms with E-state index in [-0.39, 0.29) is 17.6 Å². The smallest absolute Gasteiger partial charge is 0.191 e. The maximum absolute atomic E-state index is 13.4. The fourth-order valence-corrected chi connectivity index (χ4v) is 3.35. The fraction of sp³-hybridized carbons (Fsp3) is 0.381. The highest BCUT2D eigenvalue weighted by molar-refractivity contribution is 5.80. The lowest BCUT2D eigenvalue weighted by molar-refractivity contribution is 0.410. The molecule has 6 nitrogen and oxygen atoms in total. The van der Waals surface area contributed by atoms with Crippen LogP contribution in [-0.4, -0.2) is 44.4 Å². The van der Waals surface area contributed by atoms with Crippen molar-refractivity contribution in [1.29, 1.82) is 0 Å². The van der Waals surface area contributed by atoms with Crippen LogP contribution < -0.4 is 20.3 Å². The Morgan fingerprint density at radius 1 is 1.25 bits per heavy atom. The van der Waals surface area contributed by atoms with Crippen molar-refractivity contribution in [3.05, 3.63) is 53.8 Å². The van der Waals surface area contributed by atoms with E-state index in [1.54, 1.807) is 44.5 Å². The molecule has 150 valence electrons. The largest absolute Gasteiger partial charge is 0.508 e. The number of aliphatic imine (C=N–C) groups is 1. The molecular formula is C21H27FN4O2. The molecule has 0 unspecified atom stereocenters. The van der Waals surface area contributed by atoms with Gasteiger partial charge in [0.1, 0.15) is 17.3 Å². The molecule has 0 aromatic heterocycles. The van der Waals surface area contributed by atoms with E-state index in [1.807, 2.05) is 6.07 Å². The highest BCUT2D eigenvalue weighted by Crippen LogP contribution is 2.23. The van der Waals surface area contributed by atoms with Crippen molar-refractivity contribution < 1.29 is 14.2 Å². The number of guanidine groups is 1. The summed E-state index contributed by atoms with van der Waals surface area (Å²) in [5, 5.41) is 16.7. The monoisotopic (exact) mass is 386 g/mol. The summed E-state index contributed by atoms with van der Waals surface area (Å²) in [4.78, 5) is 6.48. The van der Waals surface area contributed by atoms with Crippen LogP contribution in [0.25, 0.3) is 0 Å². The Kier molecular flexibility index (Phi) is 6.57. The molecule has 1 saturated heterocycles. The summed E-state index contributed by atoms with van der Waals surface area (Å²) >= 11 is 0. The maximum atomic E-state index is 13.4. The lowest BCUT2D eigenvalue weighted by atomic mass is 10.0. The van der Waals surface area contributed by atoms with Gasteiger partial charge in [0.05, 0.1) is 7.11 Å². The fourth-order valence-electron chi connectivity index (χ4n) is 3.35. The Morgan fingerprint density at radius 2 is 2.04 bits per heavy atom. The molecule has 0 aliphatic carbocycles. The predicted octanol–water partition coefficient (Wildman–Crippen LogP) is 2.87. The van der Waals surface area contributed by atoms with Crippen molar-refractivity contribution in [2.75, 3.05) is 32.1 Å². The van der Waals surface area contributed by atoms with Crippen molar-refractivity contribution in [2.45, 2.75) is 25.4 Å². The predicted molar refractivity (Wildman–Crippen MR) is 110 cm³/mol. The van der Waals surface area contributed by atoms with E-state index in [0.717, 1.165) is 37.2 Å². The van der Waals surface area contributed by atoms with Crippen LogP contribution in [0.5, 0.6) is 11.5 Å². The van der Waals surface area contributed by atoms with Gasteiger partial charge in [0.25, 0.3) is 0 Å². The van der Waals surface area contributed by atoms with E-state index in [0.29, 0.717) is 18.3 Å². The van der Waals surface area contributed by atoms with E-state index < -0.39 is 0 Å². The second kappa shape index (κ2) is 9.30. The molecule has 28 heavy (non-hydrogen) atoms. The Balaban J connectivity index is 1.51. The van der Waals surface area contributed by atoms with E-state index >= 15 is 0 Å². The topological polar surface area (TPSA) is 69.1 Å². The average molecular weight is 386 g/mol. The molecule has 1 aliphatic rings. The molecular weight excluding hydrogens is 359 g/mol. The zero-order valence-electron chi connectivity index (χ0n) is 16.3. The van der Waals surface area contributed by atoms with Crippen LogP contribution >= 0.6 is 0 Å². The number of piperidine rings is 1. The minimum atomic E-state index is -0.205. The molecule has 0 saturated carbocycles. The molecule has 1 aliphatic heterocycles. The third-order valence-electron chi connectivity index (χ3n) is 4.97. The van der Waals surface area contributed by atoms with Crippen LogP contribution in [0.3, 0.4) is 0 Å². The first kappa shape index (κ1) is 19.8. The molecule has 0 radical (unpaired) electrons. The summed E-state index contributed by atoms with van der Waals surface area (Å²) in [5.74, 6) is 1.39. The second-order valence-corrected chi connectivity index (χ2v) is 6.81. The van der Waals surface area contributed by atoms with Gasteiger partial charge in [0.2, 0.25) is 0 Å². The minimum Gasteiger partial charge on any atom is -0.508 e. The van der Waals surface area contributed by atoms with Crippen molar-refractivity contribution in [1.82, 2.24) is 10.6 Å². The summed E-state index contributed by atoms with van der Waals surface area (Å²) in [6.07, 6.45) is 1.86. The number of nitrogens with zero attached hydrogens (tertiary/aromatic N) is 2. The third-order valence-corrected chi connectivity index (χ3v) is 4.97. The van der Waals surface area contributed by atoms with Gasteiger partial charge in [0, 0.05) is 44.0 Å². The van der Waals surface area contributed by atoms with Crippen LogP contribution in [0.2, 0.25) is 0 Å². The van der Waals surface area contributed by atoms with Crippen molar-refractivity contribution in [2.24, 2.45) is 4.99 Å². The summed E-state index contributed by atoms with van der Waals surface area (Å²) in [5.41, 5.74) is 1.66. The molecule has 1 fully saturated rings. The molecule has 0 atom stereocenters. The summed E-state index contributed by atoms with van der Waals surface area (Å²) in [6, 6.07) is 12.2. The Morgan fingerprint density at radius 3 is 2.71 bits per heavy atom. The number of nitrogens with one attached hydrogen (secondary N) is 2. The normalized spacial score (nSPS) is 15.4. The molecule has 0 spiro atoms. The van der Waals surface area contributed by atoms with Crippen LogP contribution in [0.15, 0.2) is 47.5 Å². The van der Waals surface area contributed by atoms with Crippen molar-refractivity contribution in [3.8, 4) is 11.5 Å². The molecule has 0 amide bonds. The number of phenols is 1. The highest BCUT2D eigenvalue weighted by Gasteiger charge is 2.20. The first-order chi connectivity index (χ1) is 13.6. The van der Waals surface area contributed by atoms with Gasteiger partial charge in [-0.15, -0.1) is 0 Å².